The Labute approximate surface area is 120 Å². The van der Waals surface area contributed by atoms with Crippen LogP contribution in [-0.4, -0.2) is 30.4 Å². The molecular formula is C12H16N6O3. The number of carbonyl (C=O) groups is 1. The van der Waals surface area contributed by atoms with Crippen LogP contribution in [0.4, 0.5) is 5.82 Å². The molecule has 2 aromatic heterocycles. The van der Waals surface area contributed by atoms with Gasteiger partial charge in [-0.15, -0.1) is 4.68 Å². The molecule has 2 rings (SSSR count). The first-order valence-electron chi connectivity index (χ1n) is 6.31. The number of carbonyl (C=O) groups excluding carboxylic acids is 1. The molecule has 0 aliphatic rings. The number of aryl methyl sites for hydroxylation is 3. The van der Waals surface area contributed by atoms with E-state index in [1.165, 1.54) is 6.07 Å². The lowest BCUT2D eigenvalue weighted by Gasteiger charge is -2.03. The first kappa shape index (κ1) is 14.7. The first-order chi connectivity index (χ1) is 9.86. The monoisotopic (exact) mass is 292 g/mol. The molecule has 0 bridgehead atoms. The number of amides is 1. The molecule has 0 saturated carbocycles. The van der Waals surface area contributed by atoms with E-state index in [-0.39, 0.29) is 18.3 Å². The average molecular weight is 292 g/mol. The van der Waals surface area contributed by atoms with Gasteiger partial charge in [-0.05, 0) is 18.8 Å². The summed E-state index contributed by atoms with van der Waals surface area (Å²) in [5, 5.41) is 21.7. The number of nitro groups is 1. The van der Waals surface area contributed by atoms with Crippen molar-refractivity contribution in [3.63, 3.8) is 0 Å². The third-order valence-corrected chi connectivity index (χ3v) is 2.95. The summed E-state index contributed by atoms with van der Waals surface area (Å²) >= 11 is 0. The van der Waals surface area contributed by atoms with Crippen LogP contribution >= 0.6 is 0 Å². The van der Waals surface area contributed by atoms with Crippen LogP contribution in [0.2, 0.25) is 0 Å². The highest BCUT2D eigenvalue weighted by molar-refractivity contribution is 5.75. The molecule has 0 aromatic carbocycles. The standard InChI is InChI=1S/C12H16N6O3/c1-8-4-12(18(20)21)17(14-8)7-11(19)13-5-10-6-16(3)15-9(10)2/h4,6H,5,7H2,1-3H3,(H,13,19). The molecule has 21 heavy (non-hydrogen) atoms. The van der Waals surface area contributed by atoms with Crippen molar-refractivity contribution in [2.45, 2.75) is 26.9 Å². The van der Waals surface area contributed by atoms with Gasteiger partial charge in [0, 0.05) is 25.4 Å². The largest absolute Gasteiger partial charge is 0.358 e. The highest BCUT2D eigenvalue weighted by atomic mass is 16.6. The Morgan fingerprint density at radius 1 is 1.43 bits per heavy atom. The minimum Gasteiger partial charge on any atom is -0.358 e. The molecule has 0 spiro atoms. The topological polar surface area (TPSA) is 108 Å². The highest BCUT2D eigenvalue weighted by Crippen LogP contribution is 2.12. The lowest BCUT2D eigenvalue weighted by molar-refractivity contribution is -0.392. The summed E-state index contributed by atoms with van der Waals surface area (Å²) < 4.78 is 2.75. The molecule has 0 aliphatic carbocycles. The average Bonchev–Trinajstić information content (AvgIpc) is 2.89. The van der Waals surface area contributed by atoms with Crippen molar-refractivity contribution in [1.29, 1.82) is 0 Å². The molecule has 2 heterocycles. The van der Waals surface area contributed by atoms with Gasteiger partial charge >= 0.3 is 5.82 Å². The Kier molecular flexibility index (Phi) is 4.01. The van der Waals surface area contributed by atoms with E-state index >= 15 is 0 Å². The summed E-state index contributed by atoms with van der Waals surface area (Å²) in [5.41, 5.74) is 2.23. The van der Waals surface area contributed by atoms with Crippen LogP contribution in [0.25, 0.3) is 0 Å². The summed E-state index contributed by atoms with van der Waals surface area (Å²) in [7, 11) is 1.80. The molecule has 9 nitrogen and oxygen atoms in total. The van der Waals surface area contributed by atoms with Crippen LogP contribution in [0, 0.1) is 24.0 Å². The maximum Gasteiger partial charge on any atom is 0.345 e. The Balaban J connectivity index is 1.99. The van der Waals surface area contributed by atoms with Crippen LogP contribution in [0.5, 0.6) is 0 Å². The van der Waals surface area contributed by atoms with Gasteiger partial charge in [-0.25, -0.2) is 0 Å². The molecule has 1 amide bonds. The number of aromatic nitrogens is 4. The molecule has 9 heteroatoms. The van der Waals surface area contributed by atoms with Crippen molar-refractivity contribution in [2.24, 2.45) is 7.05 Å². The molecule has 0 radical (unpaired) electrons. The fourth-order valence-corrected chi connectivity index (χ4v) is 2.00. The lowest BCUT2D eigenvalue weighted by Crippen LogP contribution is -2.28. The van der Waals surface area contributed by atoms with E-state index < -0.39 is 4.92 Å². The highest BCUT2D eigenvalue weighted by Gasteiger charge is 2.19. The molecule has 0 atom stereocenters. The second kappa shape index (κ2) is 5.73. The van der Waals surface area contributed by atoms with Crippen LogP contribution in [0.3, 0.4) is 0 Å². The minimum atomic E-state index is -0.557. The van der Waals surface area contributed by atoms with Crippen LogP contribution < -0.4 is 5.32 Å². The maximum absolute atomic E-state index is 11.9. The van der Waals surface area contributed by atoms with Crippen molar-refractivity contribution in [1.82, 2.24) is 24.9 Å². The third-order valence-electron chi connectivity index (χ3n) is 2.95. The molecule has 0 unspecified atom stereocenters. The predicted molar refractivity (Wildman–Crippen MR) is 73.4 cm³/mol. The van der Waals surface area contributed by atoms with E-state index in [4.69, 9.17) is 0 Å². The molecule has 2 aromatic rings. The molecule has 1 N–H and O–H groups in total. The van der Waals surface area contributed by atoms with E-state index in [2.05, 4.69) is 15.5 Å². The lowest BCUT2D eigenvalue weighted by atomic mass is 10.2. The van der Waals surface area contributed by atoms with Crippen LogP contribution in [0.1, 0.15) is 17.0 Å². The van der Waals surface area contributed by atoms with Gasteiger partial charge in [-0.3, -0.25) is 9.48 Å². The van der Waals surface area contributed by atoms with E-state index in [0.717, 1.165) is 15.9 Å². The predicted octanol–water partition coefficient (Wildman–Crippen LogP) is 0.458. The number of hydrogen-bond acceptors (Lipinski definition) is 5. The van der Waals surface area contributed by atoms with Crippen molar-refractivity contribution in [3.8, 4) is 0 Å². The van der Waals surface area contributed by atoms with Crippen LogP contribution in [0.15, 0.2) is 12.3 Å². The van der Waals surface area contributed by atoms with Gasteiger partial charge in [0.15, 0.2) is 6.54 Å². The quantitative estimate of drug-likeness (QED) is 0.636. The Hall–Kier alpha value is -2.71. The minimum absolute atomic E-state index is 0.191. The third kappa shape index (κ3) is 3.44. The number of hydrogen-bond donors (Lipinski definition) is 1. The molecule has 0 fully saturated rings. The van der Waals surface area contributed by atoms with Crippen molar-refractivity contribution in [2.75, 3.05) is 0 Å². The second-order valence-corrected chi connectivity index (χ2v) is 4.75. The number of nitrogens with one attached hydrogen (secondary N) is 1. The van der Waals surface area contributed by atoms with Crippen molar-refractivity contribution in [3.05, 3.63) is 39.3 Å². The zero-order valence-electron chi connectivity index (χ0n) is 12.0. The molecule has 112 valence electrons. The van der Waals surface area contributed by atoms with E-state index in [1.807, 2.05) is 13.1 Å². The summed E-state index contributed by atoms with van der Waals surface area (Å²) in [4.78, 5) is 22.2. The van der Waals surface area contributed by atoms with Gasteiger partial charge in [0.1, 0.15) is 0 Å². The SMILES string of the molecule is Cc1cc([N+](=O)[O-])n(CC(=O)NCc2cn(C)nc2C)n1. The van der Waals surface area contributed by atoms with Crippen LogP contribution in [-0.2, 0) is 24.9 Å². The Bertz CT molecular complexity index is 687. The molecular weight excluding hydrogens is 276 g/mol. The van der Waals surface area contributed by atoms with Gasteiger partial charge in [0.2, 0.25) is 0 Å². The van der Waals surface area contributed by atoms with Crippen molar-refractivity contribution >= 4 is 11.7 Å². The Morgan fingerprint density at radius 3 is 2.71 bits per heavy atom. The molecule has 0 saturated heterocycles. The van der Waals surface area contributed by atoms with E-state index in [1.54, 1.807) is 18.7 Å². The summed E-state index contributed by atoms with van der Waals surface area (Å²) in [6, 6.07) is 1.33. The van der Waals surface area contributed by atoms with Gasteiger partial charge in [0.05, 0.1) is 17.5 Å². The summed E-state index contributed by atoms with van der Waals surface area (Å²) in [6.45, 7) is 3.62. The van der Waals surface area contributed by atoms with Crippen molar-refractivity contribution < 1.29 is 9.72 Å². The summed E-state index contributed by atoms with van der Waals surface area (Å²) in [6.07, 6.45) is 1.82. The maximum atomic E-state index is 11.9. The molecule has 0 aliphatic heterocycles. The fourth-order valence-electron chi connectivity index (χ4n) is 2.00. The van der Waals surface area contributed by atoms with Gasteiger partial charge in [-0.1, -0.05) is 5.10 Å². The zero-order chi connectivity index (χ0) is 15.6. The fraction of sp³-hybridized carbons (Fsp3) is 0.417. The van der Waals surface area contributed by atoms with E-state index in [9.17, 15) is 14.9 Å². The Morgan fingerprint density at radius 2 is 2.14 bits per heavy atom. The second-order valence-electron chi connectivity index (χ2n) is 4.75. The number of rotatable bonds is 5. The first-order valence-corrected chi connectivity index (χ1v) is 6.31. The van der Waals surface area contributed by atoms with Gasteiger partial charge in [-0.2, -0.15) is 5.10 Å². The smallest absolute Gasteiger partial charge is 0.345 e. The zero-order valence-corrected chi connectivity index (χ0v) is 12.0. The summed E-state index contributed by atoms with van der Waals surface area (Å²) in [5.74, 6) is -0.537. The van der Waals surface area contributed by atoms with E-state index in [0.29, 0.717) is 12.2 Å². The van der Waals surface area contributed by atoms with Gasteiger partial charge in [0.25, 0.3) is 5.91 Å². The van der Waals surface area contributed by atoms with Gasteiger partial charge < -0.3 is 15.4 Å². The normalized spacial score (nSPS) is 10.6. The number of nitrogens with zero attached hydrogens (tertiary/aromatic N) is 5.